The first-order valence-corrected chi connectivity index (χ1v) is 2.81. The van der Waals surface area contributed by atoms with Crippen LogP contribution in [0.3, 0.4) is 0 Å². The monoisotopic (exact) mass is 172 g/mol. The fourth-order valence-corrected chi connectivity index (χ4v) is 0.868. The molecule has 0 atom stereocenters. The first-order chi connectivity index (χ1) is 3.33. The maximum Gasteiger partial charge on any atom is 0.0297 e. The van der Waals surface area contributed by atoms with Crippen LogP contribution >= 0.6 is 24.8 Å². The van der Waals surface area contributed by atoms with E-state index in [9.17, 15) is 0 Å². The van der Waals surface area contributed by atoms with E-state index >= 15 is 0 Å². The smallest absolute Gasteiger partial charge is 0.0297 e. The van der Waals surface area contributed by atoms with E-state index in [0.29, 0.717) is 6.04 Å². The standard InChI is InChI=1S/C5H12N2.2ClH/c1-2-7-3-5(6)4-7;;/h5H,2-4,6H2,1H3;2*1H. The molecule has 2 N–H and O–H groups in total. The van der Waals surface area contributed by atoms with E-state index in [1.807, 2.05) is 0 Å². The third-order valence-electron chi connectivity index (χ3n) is 1.43. The first kappa shape index (κ1) is 12.2. The van der Waals surface area contributed by atoms with Crippen molar-refractivity contribution in [1.82, 2.24) is 4.90 Å². The van der Waals surface area contributed by atoms with Gasteiger partial charge in [-0.1, -0.05) is 6.92 Å². The van der Waals surface area contributed by atoms with Gasteiger partial charge in [0.1, 0.15) is 0 Å². The lowest BCUT2D eigenvalue weighted by atomic mass is 10.1. The molecular weight excluding hydrogens is 159 g/mol. The molecule has 0 bridgehead atoms. The molecule has 0 spiro atoms. The Hall–Kier alpha value is 0.500. The molecule has 0 radical (unpaired) electrons. The maximum absolute atomic E-state index is 5.50. The fourth-order valence-electron chi connectivity index (χ4n) is 0.868. The van der Waals surface area contributed by atoms with Crippen LogP contribution in [0, 0.1) is 0 Å². The largest absolute Gasteiger partial charge is 0.325 e. The van der Waals surface area contributed by atoms with E-state index in [0.717, 1.165) is 19.6 Å². The molecule has 1 heterocycles. The number of nitrogens with two attached hydrogens (primary N) is 1. The summed E-state index contributed by atoms with van der Waals surface area (Å²) >= 11 is 0. The van der Waals surface area contributed by atoms with E-state index in [1.165, 1.54) is 0 Å². The Bertz CT molecular complexity index is 64.0. The third-order valence-corrected chi connectivity index (χ3v) is 1.43. The zero-order valence-electron chi connectivity index (χ0n) is 5.54. The fraction of sp³-hybridized carbons (Fsp3) is 1.00. The van der Waals surface area contributed by atoms with Crippen molar-refractivity contribution < 1.29 is 0 Å². The molecule has 1 saturated heterocycles. The molecule has 0 aromatic heterocycles. The van der Waals surface area contributed by atoms with Gasteiger partial charge in [0.15, 0.2) is 0 Å². The summed E-state index contributed by atoms with van der Waals surface area (Å²) in [7, 11) is 0. The van der Waals surface area contributed by atoms with Gasteiger partial charge >= 0.3 is 0 Å². The van der Waals surface area contributed by atoms with Crippen molar-refractivity contribution in [3.8, 4) is 0 Å². The van der Waals surface area contributed by atoms with Crippen LogP contribution in [0.2, 0.25) is 0 Å². The van der Waals surface area contributed by atoms with Crippen molar-refractivity contribution in [3.63, 3.8) is 0 Å². The highest BCUT2D eigenvalue weighted by atomic mass is 35.5. The highest BCUT2D eigenvalue weighted by Crippen LogP contribution is 2.01. The Kier molecular flexibility index (Phi) is 7.18. The molecule has 1 aliphatic rings. The van der Waals surface area contributed by atoms with Crippen molar-refractivity contribution in [2.24, 2.45) is 5.73 Å². The minimum atomic E-state index is 0. The van der Waals surface area contributed by atoms with E-state index in [1.54, 1.807) is 0 Å². The Morgan fingerprint density at radius 2 is 1.89 bits per heavy atom. The quantitative estimate of drug-likeness (QED) is 0.625. The lowest BCUT2D eigenvalue weighted by Crippen LogP contribution is -2.55. The summed E-state index contributed by atoms with van der Waals surface area (Å²) in [4.78, 5) is 2.32. The maximum atomic E-state index is 5.50. The van der Waals surface area contributed by atoms with Gasteiger partial charge in [-0.25, -0.2) is 0 Å². The van der Waals surface area contributed by atoms with Gasteiger partial charge in [0.05, 0.1) is 0 Å². The summed E-state index contributed by atoms with van der Waals surface area (Å²) in [6.07, 6.45) is 0. The number of rotatable bonds is 1. The Morgan fingerprint density at radius 1 is 1.44 bits per heavy atom. The highest BCUT2D eigenvalue weighted by Gasteiger charge is 2.19. The SMILES string of the molecule is CCN1CC(N)C1.Cl.Cl. The zero-order valence-corrected chi connectivity index (χ0v) is 7.17. The van der Waals surface area contributed by atoms with Crippen molar-refractivity contribution in [1.29, 1.82) is 0 Å². The van der Waals surface area contributed by atoms with Crippen LogP contribution < -0.4 is 5.73 Å². The molecule has 1 fully saturated rings. The highest BCUT2D eigenvalue weighted by molar-refractivity contribution is 5.85. The van der Waals surface area contributed by atoms with Crippen LogP contribution in [0.4, 0.5) is 0 Å². The summed E-state index contributed by atoms with van der Waals surface area (Å²) in [5.41, 5.74) is 5.50. The lowest BCUT2D eigenvalue weighted by molar-refractivity contribution is 0.160. The number of hydrogen-bond acceptors (Lipinski definition) is 2. The molecule has 0 aromatic rings. The van der Waals surface area contributed by atoms with E-state index in [4.69, 9.17) is 5.73 Å². The van der Waals surface area contributed by atoms with Gasteiger partial charge in [0, 0.05) is 19.1 Å². The van der Waals surface area contributed by atoms with Gasteiger partial charge in [-0.2, -0.15) is 0 Å². The van der Waals surface area contributed by atoms with Crippen LogP contribution in [-0.2, 0) is 0 Å². The van der Waals surface area contributed by atoms with Crippen LogP contribution in [0.1, 0.15) is 6.92 Å². The lowest BCUT2D eigenvalue weighted by Gasteiger charge is -2.35. The molecule has 58 valence electrons. The van der Waals surface area contributed by atoms with Crippen molar-refractivity contribution in [2.75, 3.05) is 19.6 Å². The topological polar surface area (TPSA) is 29.3 Å². The molecule has 0 unspecified atom stereocenters. The molecule has 4 heteroatoms. The number of nitrogens with zero attached hydrogens (tertiary/aromatic N) is 1. The second kappa shape index (κ2) is 5.30. The van der Waals surface area contributed by atoms with E-state index in [2.05, 4.69) is 11.8 Å². The zero-order chi connectivity index (χ0) is 5.28. The van der Waals surface area contributed by atoms with Crippen LogP contribution in [0.5, 0.6) is 0 Å². The number of likely N-dealkylation sites (N-methyl/N-ethyl adjacent to an activating group) is 1. The van der Waals surface area contributed by atoms with Gasteiger partial charge in [-0.3, -0.25) is 0 Å². The average Bonchev–Trinajstić information content (AvgIpc) is 1.58. The van der Waals surface area contributed by atoms with Crippen molar-refractivity contribution >= 4 is 24.8 Å². The van der Waals surface area contributed by atoms with Crippen molar-refractivity contribution in [3.05, 3.63) is 0 Å². The molecule has 9 heavy (non-hydrogen) atoms. The summed E-state index contributed by atoms with van der Waals surface area (Å²) in [5.74, 6) is 0. The molecule has 1 rings (SSSR count). The minimum Gasteiger partial charge on any atom is -0.325 e. The number of hydrogen-bond donors (Lipinski definition) is 1. The van der Waals surface area contributed by atoms with Crippen LogP contribution in [0.25, 0.3) is 0 Å². The normalized spacial score (nSPS) is 19.3. The molecule has 1 aliphatic heterocycles. The first-order valence-electron chi connectivity index (χ1n) is 2.81. The van der Waals surface area contributed by atoms with Crippen LogP contribution in [-0.4, -0.2) is 30.6 Å². The molecule has 0 saturated carbocycles. The predicted octanol–water partition coefficient (Wildman–Crippen LogP) is 0.493. The number of halogens is 2. The second-order valence-electron chi connectivity index (χ2n) is 2.11. The number of likely N-dealkylation sites (tertiary alicyclic amines) is 1. The van der Waals surface area contributed by atoms with Crippen molar-refractivity contribution in [2.45, 2.75) is 13.0 Å². The van der Waals surface area contributed by atoms with E-state index in [-0.39, 0.29) is 24.8 Å². The average molecular weight is 173 g/mol. The molecular formula is C5H14Cl2N2. The predicted molar refractivity (Wildman–Crippen MR) is 44.6 cm³/mol. The molecule has 2 nitrogen and oxygen atoms in total. The van der Waals surface area contributed by atoms with Gasteiger partial charge in [0.2, 0.25) is 0 Å². The molecule has 0 amide bonds. The third kappa shape index (κ3) is 3.26. The van der Waals surface area contributed by atoms with E-state index < -0.39 is 0 Å². The minimum absolute atomic E-state index is 0. The van der Waals surface area contributed by atoms with Gasteiger partial charge in [0.25, 0.3) is 0 Å². The second-order valence-corrected chi connectivity index (χ2v) is 2.11. The molecule has 0 aromatic carbocycles. The Labute approximate surface area is 68.6 Å². The van der Waals surface area contributed by atoms with Gasteiger partial charge in [-0.15, -0.1) is 24.8 Å². The Balaban J connectivity index is 0. The summed E-state index contributed by atoms with van der Waals surface area (Å²) < 4.78 is 0. The van der Waals surface area contributed by atoms with Crippen LogP contribution in [0.15, 0.2) is 0 Å². The molecule has 0 aliphatic carbocycles. The summed E-state index contributed by atoms with van der Waals surface area (Å²) in [6, 6.07) is 0.472. The Morgan fingerprint density at radius 3 is 2.00 bits per heavy atom. The summed E-state index contributed by atoms with van der Waals surface area (Å²) in [6.45, 7) is 5.53. The summed E-state index contributed by atoms with van der Waals surface area (Å²) in [5, 5.41) is 0. The van der Waals surface area contributed by atoms with Gasteiger partial charge in [-0.05, 0) is 6.54 Å². The van der Waals surface area contributed by atoms with Gasteiger partial charge < -0.3 is 10.6 Å².